The molecule has 15 heteroatoms. The highest BCUT2D eigenvalue weighted by molar-refractivity contribution is 7.54. The number of aromatic nitrogens is 2. The van der Waals surface area contributed by atoms with Gasteiger partial charge in [-0.3, -0.25) is 23.5 Å². The zero-order valence-electron chi connectivity index (χ0n) is 23.3. The van der Waals surface area contributed by atoms with Gasteiger partial charge in [-0.15, -0.1) is 0 Å². The molecule has 2 heterocycles. The topological polar surface area (TPSA) is 187 Å². The first-order chi connectivity index (χ1) is 17.0. The minimum absolute atomic E-state index is 0.00799. The largest absolute Gasteiger partial charge is 0.390 e. The summed E-state index contributed by atoms with van der Waals surface area (Å²) in [6.45, 7) is 12.5. The number of aryl methyl sites for hydroxylation is 1. The highest BCUT2D eigenvalue weighted by Crippen LogP contribution is 2.56. The average molecular weight is 585 g/mol. The molecule has 0 aromatic carbocycles. The Morgan fingerprint density at radius 1 is 1.13 bits per heavy atom. The molecule has 1 fully saturated rings. The van der Waals surface area contributed by atoms with Crippen molar-refractivity contribution >= 4 is 15.2 Å². The third kappa shape index (κ3) is 9.21. The van der Waals surface area contributed by atoms with Crippen molar-refractivity contribution in [3.63, 3.8) is 0 Å². The van der Waals surface area contributed by atoms with Gasteiger partial charge in [0.1, 0.15) is 12.3 Å². The third-order valence-electron chi connectivity index (χ3n) is 5.98. The van der Waals surface area contributed by atoms with Crippen LogP contribution in [0.25, 0.3) is 0 Å². The van der Waals surface area contributed by atoms with Gasteiger partial charge in [0, 0.05) is 18.2 Å². The van der Waals surface area contributed by atoms with E-state index in [0.29, 0.717) is 0 Å². The molecule has 0 aliphatic carbocycles. The summed E-state index contributed by atoms with van der Waals surface area (Å²) in [7, 11) is -8.29. The lowest BCUT2D eigenvalue weighted by atomic mass is 10.0. The van der Waals surface area contributed by atoms with Crippen molar-refractivity contribution in [2.45, 2.75) is 97.6 Å². The Morgan fingerprint density at radius 3 is 2.32 bits per heavy atom. The molecule has 0 saturated carbocycles. The highest BCUT2D eigenvalue weighted by Gasteiger charge is 2.45. The van der Waals surface area contributed by atoms with Crippen LogP contribution in [0.5, 0.6) is 0 Å². The van der Waals surface area contributed by atoms with Crippen molar-refractivity contribution in [3.8, 4) is 0 Å². The number of aliphatic hydroxyl groups is 1. The van der Waals surface area contributed by atoms with E-state index in [4.69, 9.17) is 18.5 Å². The fourth-order valence-corrected chi connectivity index (χ4v) is 6.90. The van der Waals surface area contributed by atoms with Crippen LogP contribution < -0.4 is 11.2 Å². The summed E-state index contributed by atoms with van der Waals surface area (Å²) in [5.74, 6) is 0. The first-order valence-corrected chi connectivity index (χ1v) is 15.7. The predicted molar refractivity (Wildman–Crippen MR) is 140 cm³/mol. The zero-order chi connectivity index (χ0) is 29.3. The Balaban J connectivity index is 1.94. The fourth-order valence-electron chi connectivity index (χ4n) is 3.86. The molecule has 1 aromatic heterocycles. The first kappa shape index (κ1) is 33.1. The van der Waals surface area contributed by atoms with Gasteiger partial charge in [-0.1, -0.05) is 20.8 Å². The molecule has 5 unspecified atom stereocenters. The van der Waals surface area contributed by atoms with Gasteiger partial charge in [-0.05, 0) is 46.5 Å². The first-order valence-electron chi connectivity index (χ1n) is 12.3. The Morgan fingerprint density at radius 2 is 1.74 bits per heavy atom. The van der Waals surface area contributed by atoms with E-state index in [-0.39, 0.29) is 31.2 Å². The van der Waals surface area contributed by atoms with Crippen LogP contribution in [0.2, 0.25) is 0 Å². The van der Waals surface area contributed by atoms with Crippen molar-refractivity contribution in [3.05, 3.63) is 32.6 Å². The number of ether oxygens (including phenoxy) is 2. The summed E-state index contributed by atoms with van der Waals surface area (Å²) < 4.78 is 48.7. The van der Waals surface area contributed by atoms with Gasteiger partial charge in [0.05, 0.1) is 31.1 Å². The molecule has 1 saturated heterocycles. The van der Waals surface area contributed by atoms with E-state index in [2.05, 4.69) is 4.98 Å². The number of hydrogen-bond acceptors (Lipinski definition) is 9. The van der Waals surface area contributed by atoms with Crippen LogP contribution in [0.1, 0.15) is 73.1 Å². The summed E-state index contributed by atoms with van der Waals surface area (Å²) >= 11 is 0. The molecule has 2 rings (SSSR count). The van der Waals surface area contributed by atoms with E-state index in [1.54, 1.807) is 13.8 Å². The third-order valence-corrected chi connectivity index (χ3v) is 10.1. The van der Waals surface area contributed by atoms with Crippen molar-refractivity contribution in [2.24, 2.45) is 5.41 Å². The van der Waals surface area contributed by atoms with Crippen LogP contribution >= 0.6 is 15.2 Å². The molecule has 0 radical (unpaired) electrons. The number of hydrogen-bond donors (Lipinski definition) is 4. The predicted octanol–water partition coefficient (Wildman–Crippen LogP) is 2.86. The Hall–Kier alpha value is -1.14. The maximum Gasteiger partial charge on any atom is 0.359 e. The molecule has 4 N–H and O–H groups in total. The Kier molecular flexibility index (Phi) is 10.2. The maximum atomic E-state index is 13.0. The second-order valence-corrected chi connectivity index (χ2v) is 16.1. The number of nitrogens with one attached hydrogen (secondary N) is 1. The van der Waals surface area contributed by atoms with Crippen molar-refractivity contribution in [1.82, 2.24) is 9.55 Å². The van der Waals surface area contributed by atoms with E-state index < -0.39 is 67.8 Å². The van der Waals surface area contributed by atoms with Gasteiger partial charge >= 0.3 is 20.9 Å². The van der Waals surface area contributed by atoms with Crippen LogP contribution in [-0.4, -0.2) is 67.0 Å². The fraction of sp³-hybridized carbons (Fsp3) is 0.826. The number of H-pyrrole nitrogens is 1. The molecule has 5 atom stereocenters. The van der Waals surface area contributed by atoms with Gasteiger partial charge in [0.15, 0.2) is 5.34 Å². The van der Waals surface area contributed by atoms with Crippen molar-refractivity contribution in [1.29, 1.82) is 0 Å². The molecule has 1 aromatic rings. The summed E-state index contributed by atoms with van der Waals surface area (Å²) in [6, 6.07) is 0. The van der Waals surface area contributed by atoms with Crippen LogP contribution in [0.3, 0.4) is 0 Å². The molecule has 13 nitrogen and oxygen atoms in total. The minimum Gasteiger partial charge on any atom is -0.390 e. The van der Waals surface area contributed by atoms with Crippen LogP contribution in [0.15, 0.2) is 15.8 Å². The summed E-state index contributed by atoms with van der Waals surface area (Å²) in [4.78, 5) is 46.7. The molecule has 0 spiro atoms. The Labute approximate surface area is 222 Å². The number of nitrogens with zero attached hydrogens (tertiary/aromatic N) is 1. The average Bonchev–Trinajstić information content (AvgIpc) is 3.06. The standard InChI is InChI=1S/C23H42N2O11P2/c1-15-12-25(20(28)24-19(15)27)18-11-16(26)17(35-18)13-34-38(31,32)23(7,8)33-10-9-22(5,6)36-37(29,30)14-21(2,3)4/h12,16-18,26H,9-11,13-14H2,1-8H3,(H,29,30)(H,31,32)(H,24,27,28). The van der Waals surface area contributed by atoms with Gasteiger partial charge in [0.25, 0.3) is 5.56 Å². The van der Waals surface area contributed by atoms with Crippen molar-refractivity contribution in [2.75, 3.05) is 19.4 Å². The molecule has 1 aliphatic heterocycles. The van der Waals surface area contributed by atoms with Crippen LogP contribution in [0.4, 0.5) is 0 Å². The van der Waals surface area contributed by atoms with Crippen LogP contribution in [0, 0.1) is 12.3 Å². The molecular formula is C23H42N2O11P2. The minimum atomic E-state index is -4.42. The summed E-state index contributed by atoms with van der Waals surface area (Å²) in [5, 5.41) is 8.72. The van der Waals surface area contributed by atoms with E-state index >= 15 is 0 Å². The summed E-state index contributed by atoms with van der Waals surface area (Å²) in [5.41, 5.74) is -2.40. The lowest BCUT2D eigenvalue weighted by molar-refractivity contribution is -0.0508. The molecule has 38 heavy (non-hydrogen) atoms. The Bertz CT molecular complexity index is 1190. The van der Waals surface area contributed by atoms with E-state index in [1.807, 2.05) is 20.8 Å². The quantitative estimate of drug-likeness (QED) is 0.265. The molecule has 220 valence electrons. The van der Waals surface area contributed by atoms with Crippen molar-refractivity contribution < 1.29 is 42.5 Å². The zero-order valence-corrected chi connectivity index (χ0v) is 25.1. The number of aromatic amines is 1. The van der Waals surface area contributed by atoms with Gasteiger partial charge in [-0.2, -0.15) is 0 Å². The van der Waals surface area contributed by atoms with Gasteiger partial charge in [-0.25, -0.2) is 4.79 Å². The molecule has 0 bridgehead atoms. The van der Waals surface area contributed by atoms with E-state index in [1.165, 1.54) is 27.0 Å². The van der Waals surface area contributed by atoms with Crippen LogP contribution in [-0.2, 0) is 27.7 Å². The second kappa shape index (κ2) is 11.8. The van der Waals surface area contributed by atoms with E-state index in [9.17, 15) is 33.6 Å². The molecular weight excluding hydrogens is 542 g/mol. The highest BCUT2D eigenvalue weighted by atomic mass is 31.2. The van der Waals surface area contributed by atoms with E-state index in [0.717, 1.165) is 4.57 Å². The lowest BCUT2D eigenvalue weighted by Gasteiger charge is -2.33. The molecule has 0 amide bonds. The number of rotatable bonds is 12. The second-order valence-electron chi connectivity index (χ2n) is 12.0. The lowest BCUT2D eigenvalue weighted by Crippen LogP contribution is -2.34. The maximum absolute atomic E-state index is 13.0. The molecule has 1 aliphatic rings. The monoisotopic (exact) mass is 584 g/mol. The summed E-state index contributed by atoms with van der Waals surface area (Å²) in [6.07, 6.45) is -1.54. The number of aliphatic hydroxyl groups excluding tert-OH is 1. The smallest absolute Gasteiger partial charge is 0.359 e. The normalized spacial score (nSPS) is 24.2. The van der Waals surface area contributed by atoms with Gasteiger partial charge in [0.2, 0.25) is 0 Å². The SMILES string of the molecule is Cc1cn(C2CC(O)C(COP(=O)(O)C(C)(C)OCCC(C)(C)OP(=O)(O)CC(C)(C)C)O2)c(=O)[nH]c1=O. The van der Waals surface area contributed by atoms with Gasteiger partial charge < -0.3 is 33.4 Å².